The van der Waals surface area contributed by atoms with E-state index in [0.29, 0.717) is 6.54 Å². The number of furan rings is 1. The second kappa shape index (κ2) is 7.60. The van der Waals surface area contributed by atoms with E-state index >= 15 is 0 Å². The van der Waals surface area contributed by atoms with Crippen molar-refractivity contribution in [1.29, 1.82) is 0 Å². The molecule has 24 heavy (non-hydrogen) atoms. The number of ether oxygens (including phenoxy) is 1. The Morgan fingerprint density at radius 3 is 2.62 bits per heavy atom. The molecule has 1 heterocycles. The van der Waals surface area contributed by atoms with Crippen molar-refractivity contribution in [3.8, 4) is 5.75 Å². The number of nitro groups is 1. The number of rotatable bonds is 7. The van der Waals surface area contributed by atoms with E-state index in [9.17, 15) is 14.9 Å². The van der Waals surface area contributed by atoms with Crippen molar-refractivity contribution in [3.63, 3.8) is 0 Å². The molecule has 1 N–H and O–H groups in total. The first-order valence-electron chi connectivity index (χ1n) is 7.25. The largest absolute Gasteiger partial charge is 0.496 e. The molecule has 1 amide bonds. The van der Waals surface area contributed by atoms with Gasteiger partial charge in [-0.1, -0.05) is 18.2 Å². The Morgan fingerprint density at radius 1 is 1.33 bits per heavy atom. The fourth-order valence-corrected chi connectivity index (χ4v) is 2.34. The normalized spacial score (nSPS) is 12.0. The zero-order valence-electron chi connectivity index (χ0n) is 13.7. The summed E-state index contributed by atoms with van der Waals surface area (Å²) in [5.41, 5.74) is 0.927. The van der Waals surface area contributed by atoms with Gasteiger partial charge in [0.2, 0.25) is 0 Å². The van der Waals surface area contributed by atoms with Gasteiger partial charge in [0.25, 0.3) is 5.91 Å². The maximum absolute atomic E-state index is 12.1. The van der Waals surface area contributed by atoms with Crippen LogP contribution in [0, 0.1) is 10.1 Å². The highest BCUT2D eigenvalue weighted by Gasteiger charge is 2.21. The van der Waals surface area contributed by atoms with Gasteiger partial charge in [-0.3, -0.25) is 14.9 Å². The van der Waals surface area contributed by atoms with Crippen LogP contribution in [0.3, 0.4) is 0 Å². The summed E-state index contributed by atoms with van der Waals surface area (Å²) >= 11 is 0. The van der Waals surface area contributed by atoms with E-state index in [2.05, 4.69) is 5.32 Å². The topological polar surface area (TPSA) is 97.8 Å². The summed E-state index contributed by atoms with van der Waals surface area (Å²) < 4.78 is 10.3. The lowest BCUT2D eigenvalue weighted by Gasteiger charge is -2.26. The van der Waals surface area contributed by atoms with E-state index < -0.39 is 16.7 Å². The highest BCUT2D eigenvalue weighted by Crippen LogP contribution is 2.27. The predicted molar refractivity (Wildman–Crippen MR) is 87.1 cm³/mol. The van der Waals surface area contributed by atoms with Crippen molar-refractivity contribution in [1.82, 2.24) is 10.2 Å². The monoisotopic (exact) mass is 333 g/mol. The van der Waals surface area contributed by atoms with Gasteiger partial charge in [0.05, 0.1) is 19.2 Å². The van der Waals surface area contributed by atoms with Crippen molar-refractivity contribution in [2.45, 2.75) is 6.04 Å². The molecule has 0 saturated heterocycles. The molecule has 1 unspecified atom stereocenters. The van der Waals surface area contributed by atoms with Gasteiger partial charge in [-0.25, -0.2) is 0 Å². The Kier molecular flexibility index (Phi) is 5.54. The summed E-state index contributed by atoms with van der Waals surface area (Å²) in [6, 6.07) is 9.84. The fourth-order valence-electron chi connectivity index (χ4n) is 2.34. The number of hydrogen-bond donors (Lipinski definition) is 1. The highest BCUT2D eigenvalue weighted by atomic mass is 16.6. The second-order valence-corrected chi connectivity index (χ2v) is 5.33. The Balaban J connectivity index is 2.11. The Morgan fingerprint density at radius 2 is 2.04 bits per heavy atom. The SMILES string of the molecule is COc1ccccc1C(CNC(=O)c1ccc([N+](=O)[O-])o1)N(C)C. The first-order chi connectivity index (χ1) is 11.4. The van der Waals surface area contributed by atoms with Gasteiger partial charge in [0.1, 0.15) is 10.7 Å². The van der Waals surface area contributed by atoms with Crippen molar-refractivity contribution in [2.24, 2.45) is 0 Å². The van der Waals surface area contributed by atoms with Crippen molar-refractivity contribution < 1.29 is 18.9 Å². The van der Waals surface area contributed by atoms with E-state index in [-0.39, 0.29) is 11.8 Å². The lowest BCUT2D eigenvalue weighted by atomic mass is 10.0. The number of methoxy groups -OCH3 is 1. The number of para-hydroxylation sites is 1. The molecule has 0 aliphatic rings. The molecule has 1 aromatic carbocycles. The molecular formula is C16H19N3O5. The third-order valence-electron chi connectivity index (χ3n) is 3.57. The molecule has 0 spiro atoms. The molecule has 0 bridgehead atoms. The van der Waals surface area contributed by atoms with Crippen LogP contribution in [0.5, 0.6) is 5.75 Å². The predicted octanol–water partition coefficient (Wildman–Crippen LogP) is 2.23. The number of carbonyl (C=O) groups is 1. The minimum Gasteiger partial charge on any atom is -0.496 e. The number of benzene rings is 1. The van der Waals surface area contributed by atoms with Crippen LogP contribution in [-0.4, -0.2) is 43.5 Å². The number of hydrogen-bond acceptors (Lipinski definition) is 6. The average Bonchev–Trinajstić information content (AvgIpc) is 3.05. The lowest BCUT2D eigenvalue weighted by Crippen LogP contribution is -2.34. The molecule has 2 rings (SSSR count). The summed E-state index contributed by atoms with van der Waals surface area (Å²) in [6.07, 6.45) is 0. The smallest absolute Gasteiger partial charge is 0.433 e. The van der Waals surface area contributed by atoms with Crippen LogP contribution in [0.15, 0.2) is 40.8 Å². The van der Waals surface area contributed by atoms with Gasteiger partial charge < -0.3 is 19.4 Å². The first kappa shape index (κ1) is 17.5. The average molecular weight is 333 g/mol. The third kappa shape index (κ3) is 3.90. The number of carbonyl (C=O) groups excluding carboxylic acids is 1. The summed E-state index contributed by atoms with van der Waals surface area (Å²) in [7, 11) is 5.37. The standard InChI is InChI=1S/C16H19N3O5/c1-18(2)12(11-6-4-5-7-13(11)23-3)10-17-16(20)14-8-9-15(24-14)19(21)22/h4-9,12H,10H2,1-3H3,(H,17,20). The van der Waals surface area contributed by atoms with E-state index in [4.69, 9.17) is 9.15 Å². The van der Waals surface area contributed by atoms with Crippen LogP contribution >= 0.6 is 0 Å². The molecule has 0 aliphatic heterocycles. The van der Waals surface area contributed by atoms with E-state index in [1.165, 1.54) is 6.07 Å². The maximum atomic E-state index is 12.1. The van der Waals surface area contributed by atoms with Gasteiger partial charge in [-0.15, -0.1) is 0 Å². The zero-order valence-corrected chi connectivity index (χ0v) is 13.7. The van der Waals surface area contributed by atoms with Gasteiger partial charge in [0.15, 0.2) is 5.76 Å². The highest BCUT2D eigenvalue weighted by molar-refractivity contribution is 5.91. The van der Waals surface area contributed by atoms with E-state index in [0.717, 1.165) is 17.4 Å². The second-order valence-electron chi connectivity index (χ2n) is 5.33. The molecule has 2 aromatic rings. The van der Waals surface area contributed by atoms with Crippen molar-refractivity contribution in [2.75, 3.05) is 27.7 Å². The molecule has 0 saturated carbocycles. The summed E-state index contributed by atoms with van der Waals surface area (Å²) in [5.74, 6) is -0.350. The molecule has 0 aliphatic carbocycles. The third-order valence-corrected chi connectivity index (χ3v) is 3.57. The van der Waals surface area contributed by atoms with Crippen LogP contribution in [0.25, 0.3) is 0 Å². The number of nitrogens with one attached hydrogen (secondary N) is 1. The quantitative estimate of drug-likeness (QED) is 0.616. The van der Waals surface area contributed by atoms with Crippen LogP contribution in [0.2, 0.25) is 0 Å². The van der Waals surface area contributed by atoms with Crippen molar-refractivity contribution in [3.05, 3.63) is 57.8 Å². The molecule has 0 radical (unpaired) electrons. The Labute approximate surface area is 139 Å². The fraction of sp³-hybridized carbons (Fsp3) is 0.312. The van der Waals surface area contributed by atoms with Gasteiger partial charge >= 0.3 is 5.88 Å². The van der Waals surface area contributed by atoms with E-state index in [1.54, 1.807) is 7.11 Å². The molecule has 128 valence electrons. The summed E-state index contributed by atoms with van der Waals surface area (Å²) in [4.78, 5) is 24.0. The zero-order chi connectivity index (χ0) is 17.7. The maximum Gasteiger partial charge on any atom is 0.433 e. The van der Waals surface area contributed by atoms with Gasteiger partial charge in [-0.2, -0.15) is 0 Å². The number of nitrogens with zero attached hydrogens (tertiary/aromatic N) is 2. The van der Waals surface area contributed by atoms with Crippen molar-refractivity contribution >= 4 is 11.8 Å². The molecular weight excluding hydrogens is 314 g/mol. The van der Waals surface area contributed by atoms with Crippen LogP contribution < -0.4 is 10.1 Å². The Hall–Kier alpha value is -2.87. The first-order valence-corrected chi connectivity index (χ1v) is 7.25. The number of likely N-dealkylation sites (N-methyl/N-ethyl adjacent to an activating group) is 1. The summed E-state index contributed by atoms with van der Waals surface area (Å²) in [6.45, 7) is 0.292. The molecule has 8 nitrogen and oxygen atoms in total. The molecule has 8 heteroatoms. The van der Waals surface area contributed by atoms with Gasteiger partial charge in [-0.05, 0) is 26.2 Å². The minimum atomic E-state index is -0.686. The molecule has 0 fully saturated rings. The molecule has 1 aromatic heterocycles. The molecule has 1 atom stereocenters. The van der Waals surface area contributed by atoms with Crippen LogP contribution in [-0.2, 0) is 0 Å². The Bertz CT molecular complexity index is 726. The van der Waals surface area contributed by atoms with Crippen LogP contribution in [0.1, 0.15) is 22.2 Å². The van der Waals surface area contributed by atoms with Crippen LogP contribution in [0.4, 0.5) is 5.88 Å². The van der Waals surface area contributed by atoms with E-state index in [1.807, 2.05) is 43.3 Å². The lowest BCUT2D eigenvalue weighted by molar-refractivity contribution is -0.402. The minimum absolute atomic E-state index is 0.0979. The summed E-state index contributed by atoms with van der Waals surface area (Å²) in [5, 5.41) is 13.3. The number of amides is 1. The van der Waals surface area contributed by atoms with Gasteiger partial charge in [0, 0.05) is 12.1 Å².